The molecule has 4 atom stereocenters. The van der Waals surface area contributed by atoms with Crippen LogP contribution in [0.15, 0.2) is 0 Å². The number of amides is 2. The van der Waals surface area contributed by atoms with E-state index in [0.29, 0.717) is 24.2 Å². The third-order valence-electron chi connectivity index (χ3n) is 5.81. The molecule has 1 saturated heterocycles. The van der Waals surface area contributed by atoms with Crippen molar-refractivity contribution < 1.29 is 38.4 Å². The first kappa shape index (κ1) is 28.4. The van der Waals surface area contributed by atoms with Gasteiger partial charge in [0.1, 0.15) is 29.5 Å². The van der Waals surface area contributed by atoms with E-state index in [1.54, 1.807) is 48.5 Å². The Hall–Kier alpha value is -1.87. The zero-order chi connectivity index (χ0) is 25.7. The summed E-state index contributed by atoms with van der Waals surface area (Å²) in [7, 11) is 0. The minimum Gasteiger partial charge on any atom is -0.458 e. The standard InChI is InChI=1S/C25H43NO8/c1-16-20(27)19(32-17-12-8-9-13-17)15-11-10-14-18(21(28)31-16)26(22(29)33-24(2,3)4)23(30)34-25(5,6)7/h16-20,27H,8-15H2,1-7H3/t16-,18-,19-,20-/m0/s1. The fraction of sp³-hybridized carbons (Fsp3) is 0.880. The Morgan fingerprint density at radius 3 is 1.85 bits per heavy atom. The van der Waals surface area contributed by atoms with Gasteiger partial charge in [0.05, 0.1) is 12.2 Å². The average molecular weight is 486 g/mol. The van der Waals surface area contributed by atoms with Crippen LogP contribution in [0.2, 0.25) is 0 Å². The van der Waals surface area contributed by atoms with Crippen LogP contribution in [-0.2, 0) is 23.7 Å². The molecule has 0 aromatic rings. The lowest BCUT2D eigenvalue weighted by Crippen LogP contribution is -2.54. The van der Waals surface area contributed by atoms with Gasteiger partial charge >= 0.3 is 18.2 Å². The van der Waals surface area contributed by atoms with Crippen molar-refractivity contribution in [2.45, 2.75) is 141 Å². The monoisotopic (exact) mass is 485 g/mol. The van der Waals surface area contributed by atoms with Gasteiger partial charge in [-0.25, -0.2) is 14.4 Å². The van der Waals surface area contributed by atoms with E-state index >= 15 is 0 Å². The zero-order valence-electron chi connectivity index (χ0n) is 21.8. The summed E-state index contributed by atoms with van der Waals surface area (Å²) in [5.41, 5.74) is -1.77. The van der Waals surface area contributed by atoms with Crippen LogP contribution < -0.4 is 0 Å². The summed E-state index contributed by atoms with van der Waals surface area (Å²) in [5.74, 6) is -0.787. The van der Waals surface area contributed by atoms with Crippen molar-refractivity contribution in [1.29, 1.82) is 0 Å². The summed E-state index contributed by atoms with van der Waals surface area (Å²) in [4.78, 5) is 39.9. The Kier molecular flexibility index (Phi) is 9.77. The SMILES string of the molecule is C[C@@H]1OC(=O)[C@@H](N(C(=O)OC(C)(C)C)C(=O)OC(C)(C)C)CCCC[C@H](OC2CCCC2)[C@H]1O. The van der Waals surface area contributed by atoms with Crippen molar-refractivity contribution in [2.75, 3.05) is 0 Å². The largest absolute Gasteiger partial charge is 0.458 e. The van der Waals surface area contributed by atoms with Crippen LogP contribution in [0, 0.1) is 0 Å². The molecule has 1 N–H and O–H groups in total. The summed E-state index contributed by atoms with van der Waals surface area (Å²) in [6, 6.07) is -1.23. The van der Waals surface area contributed by atoms with Gasteiger partial charge in [-0.15, -0.1) is 0 Å². The Morgan fingerprint density at radius 1 is 0.882 bits per heavy atom. The molecule has 0 aromatic carbocycles. The van der Waals surface area contributed by atoms with E-state index < -0.39 is 53.7 Å². The second-order valence-electron chi connectivity index (χ2n) is 11.3. The number of nitrogens with zero attached hydrogens (tertiary/aromatic N) is 1. The van der Waals surface area contributed by atoms with Crippen LogP contribution in [-0.4, -0.2) is 69.8 Å². The normalized spacial score (nSPS) is 27.6. The maximum atomic E-state index is 13.2. The number of hydrogen-bond donors (Lipinski definition) is 1. The van der Waals surface area contributed by atoms with Crippen LogP contribution >= 0.6 is 0 Å². The number of cyclic esters (lactones) is 1. The lowest BCUT2D eigenvalue weighted by molar-refractivity contribution is -0.170. The number of carbonyl (C=O) groups excluding carboxylic acids is 3. The molecule has 34 heavy (non-hydrogen) atoms. The Labute approximate surface area is 203 Å². The van der Waals surface area contributed by atoms with Gasteiger partial charge in [-0.05, 0) is 74.1 Å². The first-order valence-electron chi connectivity index (χ1n) is 12.5. The Balaban J connectivity index is 2.23. The molecule has 1 saturated carbocycles. The van der Waals surface area contributed by atoms with Gasteiger partial charge in [0, 0.05) is 0 Å². The fourth-order valence-electron chi connectivity index (χ4n) is 4.21. The number of aliphatic hydroxyl groups excluding tert-OH is 1. The molecule has 2 aliphatic rings. The van der Waals surface area contributed by atoms with Gasteiger partial charge in [0.2, 0.25) is 0 Å². The highest BCUT2D eigenvalue weighted by molar-refractivity contribution is 5.94. The number of ether oxygens (including phenoxy) is 4. The number of hydrogen-bond acceptors (Lipinski definition) is 8. The lowest BCUT2D eigenvalue weighted by atomic mass is 9.98. The van der Waals surface area contributed by atoms with Crippen molar-refractivity contribution in [3.63, 3.8) is 0 Å². The Bertz CT molecular complexity index is 677. The molecule has 1 aliphatic carbocycles. The molecule has 2 amide bonds. The van der Waals surface area contributed by atoms with Crippen molar-refractivity contribution in [1.82, 2.24) is 4.90 Å². The summed E-state index contributed by atoms with van der Waals surface area (Å²) in [6.45, 7) is 11.6. The summed E-state index contributed by atoms with van der Waals surface area (Å²) < 4.78 is 22.6. The van der Waals surface area contributed by atoms with E-state index in [2.05, 4.69) is 0 Å². The van der Waals surface area contributed by atoms with Crippen LogP contribution in [0.3, 0.4) is 0 Å². The summed E-state index contributed by atoms with van der Waals surface area (Å²) in [5, 5.41) is 10.9. The molecular formula is C25H43NO8. The van der Waals surface area contributed by atoms with Crippen molar-refractivity contribution in [3.8, 4) is 0 Å². The van der Waals surface area contributed by atoms with Gasteiger partial charge in [0.15, 0.2) is 0 Å². The zero-order valence-corrected chi connectivity index (χ0v) is 21.8. The van der Waals surface area contributed by atoms with Gasteiger partial charge in [0.25, 0.3) is 0 Å². The molecule has 9 heteroatoms. The predicted molar refractivity (Wildman–Crippen MR) is 125 cm³/mol. The quantitative estimate of drug-likeness (QED) is 0.451. The maximum absolute atomic E-state index is 13.2. The molecule has 0 bridgehead atoms. The summed E-state index contributed by atoms with van der Waals surface area (Å²) >= 11 is 0. The third-order valence-corrected chi connectivity index (χ3v) is 5.81. The summed E-state index contributed by atoms with van der Waals surface area (Å²) in [6.07, 6.45) is 1.97. The number of aliphatic hydroxyl groups is 1. The second-order valence-corrected chi connectivity index (χ2v) is 11.3. The second kappa shape index (κ2) is 11.7. The molecule has 1 aliphatic heterocycles. The van der Waals surface area contributed by atoms with Crippen LogP contribution in [0.25, 0.3) is 0 Å². The first-order chi connectivity index (χ1) is 15.7. The highest BCUT2D eigenvalue weighted by atomic mass is 16.6. The number of imide groups is 1. The smallest absolute Gasteiger partial charge is 0.420 e. The molecule has 1 heterocycles. The van der Waals surface area contributed by atoms with Crippen LogP contribution in [0.1, 0.15) is 99.8 Å². The number of rotatable bonds is 3. The average Bonchev–Trinajstić information content (AvgIpc) is 3.18. The predicted octanol–water partition coefficient (Wildman–Crippen LogP) is 4.72. The Morgan fingerprint density at radius 2 is 1.35 bits per heavy atom. The topological polar surface area (TPSA) is 112 Å². The van der Waals surface area contributed by atoms with Crippen molar-refractivity contribution >= 4 is 18.2 Å². The molecule has 0 spiro atoms. The van der Waals surface area contributed by atoms with E-state index in [1.807, 2.05) is 0 Å². The number of esters is 1. The highest BCUT2D eigenvalue weighted by Crippen LogP contribution is 2.28. The van der Waals surface area contributed by atoms with E-state index in [0.717, 1.165) is 25.7 Å². The third kappa shape index (κ3) is 8.73. The minimum atomic E-state index is -1.23. The van der Waals surface area contributed by atoms with Crippen LogP contribution in [0.5, 0.6) is 0 Å². The minimum absolute atomic E-state index is 0.119. The lowest BCUT2D eigenvalue weighted by Gasteiger charge is -2.35. The van der Waals surface area contributed by atoms with Crippen molar-refractivity contribution in [2.24, 2.45) is 0 Å². The van der Waals surface area contributed by atoms with Crippen LogP contribution in [0.4, 0.5) is 9.59 Å². The number of carbonyl (C=O) groups is 3. The van der Waals surface area contributed by atoms with Gasteiger partial charge in [-0.2, -0.15) is 4.90 Å². The van der Waals surface area contributed by atoms with Crippen molar-refractivity contribution in [3.05, 3.63) is 0 Å². The molecular weight excluding hydrogens is 442 g/mol. The van der Waals surface area contributed by atoms with E-state index in [-0.39, 0.29) is 12.5 Å². The van der Waals surface area contributed by atoms with E-state index in [9.17, 15) is 19.5 Å². The molecule has 9 nitrogen and oxygen atoms in total. The fourth-order valence-corrected chi connectivity index (χ4v) is 4.21. The maximum Gasteiger partial charge on any atom is 0.420 e. The van der Waals surface area contributed by atoms with Gasteiger partial charge in [-0.1, -0.05) is 25.7 Å². The first-order valence-corrected chi connectivity index (χ1v) is 12.5. The van der Waals surface area contributed by atoms with Gasteiger partial charge < -0.3 is 24.1 Å². The molecule has 0 radical (unpaired) electrons. The van der Waals surface area contributed by atoms with E-state index in [4.69, 9.17) is 18.9 Å². The molecule has 2 rings (SSSR count). The molecule has 196 valence electrons. The van der Waals surface area contributed by atoms with E-state index in [1.165, 1.54) is 0 Å². The van der Waals surface area contributed by atoms with Gasteiger partial charge in [-0.3, -0.25) is 0 Å². The molecule has 0 aromatic heterocycles. The highest BCUT2D eigenvalue weighted by Gasteiger charge is 2.43. The molecule has 0 unspecified atom stereocenters. The molecule has 2 fully saturated rings.